The van der Waals surface area contributed by atoms with Crippen LogP contribution in [0.4, 0.5) is 0 Å². The largest absolute Gasteiger partial charge is 0.480 e. The summed E-state index contributed by atoms with van der Waals surface area (Å²) >= 11 is 0. The topological polar surface area (TPSA) is 92.9 Å². The van der Waals surface area contributed by atoms with E-state index in [2.05, 4.69) is 10.3 Å². The number of carboxylic acids is 1. The third-order valence-electron chi connectivity index (χ3n) is 2.67. The molecule has 7 nitrogen and oxygen atoms in total. The zero-order valence-electron chi connectivity index (χ0n) is 11.2. The Morgan fingerprint density at radius 2 is 2.30 bits per heavy atom. The number of aryl methyl sites for hydroxylation is 1. The van der Waals surface area contributed by atoms with E-state index in [-0.39, 0.29) is 6.61 Å². The maximum atomic E-state index is 11.5. The van der Waals surface area contributed by atoms with Crippen LogP contribution < -0.4 is 10.1 Å². The van der Waals surface area contributed by atoms with Crippen molar-refractivity contribution in [2.75, 3.05) is 6.61 Å². The van der Waals surface area contributed by atoms with Gasteiger partial charge in [0.15, 0.2) is 18.0 Å². The number of carbonyl (C=O) groups is 2. The second-order valence-corrected chi connectivity index (χ2v) is 4.40. The van der Waals surface area contributed by atoms with Crippen molar-refractivity contribution in [3.8, 4) is 5.75 Å². The van der Waals surface area contributed by atoms with Gasteiger partial charge in [-0.05, 0) is 26.0 Å². The first-order chi connectivity index (χ1) is 9.47. The smallest absolute Gasteiger partial charge is 0.325 e. The molecule has 1 atom stereocenters. The number of pyridine rings is 1. The van der Waals surface area contributed by atoms with Gasteiger partial charge in [0.05, 0.1) is 5.69 Å². The van der Waals surface area contributed by atoms with E-state index in [0.29, 0.717) is 11.4 Å². The van der Waals surface area contributed by atoms with Crippen LogP contribution in [0.1, 0.15) is 12.6 Å². The molecule has 2 aromatic heterocycles. The molecule has 0 saturated carbocycles. The van der Waals surface area contributed by atoms with Gasteiger partial charge < -0.3 is 19.6 Å². The van der Waals surface area contributed by atoms with Crippen LogP contribution in [-0.2, 0) is 9.59 Å². The Hall–Kier alpha value is -2.57. The Morgan fingerprint density at radius 3 is 3.00 bits per heavy atom. The van der Waals surface area contributed by atoms with Gasteiger partial charge in [0.1, 0.15) is 6.04 Å². The minimum Gasteiger partial charge on any atom is -0.480 e. The van der Waals surface area contributed by atoms with Gasteiger partial charge in [-0.15, -0.1) is 0 Å². The molecule has 0 saturated heterocycles. The number of fused-ring (bicyclic) bond motifs is 1. The Balaban J connectivity index is 2.02. The average molecular weight is 277 g/mol. The molecule has 0 aliphatic carbocycles. The fourth-order valence-electron chi connectivity index (χ4n) is 1.71. The molecule has 0 aliphatic heterocycles. The van der Waals surface area contributed by atoms with Gasteiger partial charge in [-0.1, -0.05) is 0 Å². The molecule has 2 aromatic rings. The van der Waals surface area contributed by atoms with Gasteiger partial charge in [0, 0.05) is 12.4 Å². The molecule has 0 radical (unpaired) electrons. The summed E-state index contributed by atoms with van der Waals surface area (Å²) in [5.41, 5.74) is 1.45. The van der Waals surface area contributed by atoms with E-state index < -0.39 is 17.9 Å². The molecule has 0 aromatic carbocycles. The van der Waals surface area contributed by atoms with Crippen LogP contribution in [-0.4, -0.2) is 39.0 Å². The van der Waals surface area contributed by atoms with Gasteiger partial charge >= 0.3 is 5.97 Å². The molecule has 20 heavy (non-hydrogen) atoms. The molecule has 1 unspecified atom stereocenters. The summed E-state index contributed by atoms with van der Waals surface area (Å²) < 4.78 is 7.18. The van der Waals surface area contributed by atoms with Crippen LogP contribution in [0.15, 0.2) is 24.5 Å². The van der Waals surface area contributed by atoms with E-state index in [1.54, 1.807) is 16.5 Å². The number of aliphatic carboxylic acids is 1. The lowest BCUT2D eigenvalue weighted by molar-refractivity contribution is -0.141. The number of carboxylic acid groups (broad SMARTS) is 1. The van der Waals surface area contributed by atoms with Crippen LogP contribution in [0.25, 0.3) is 5.65 Å². The fourth-order valence-corrected chi connectivity index (χ4v) is 1.71. The monoisotopic (exact) mass is 277 g/mol. The van der Waals surface area contributed by atoms with Crippen LogP contribution in [0.5, 0.6) is 5.75 Å². The van der Waals surface area contributed by atoms with E-state index in [9.17, 15) is 9.59 Å². The second kappa shape index (κ2) is 5.60. The number of amides is 1. The zero-order chi connectivity index (χ0) is 14.7. The average Bonchev–Trinajstić information content (AvgIpc) is 2.76. The molecule has 2 N–H and O–H groups in total. The van der Waals surface area contributed by atoms with E-state index in [0.717, 1.165) is 5.69 Å². The third kappa shape index (κ3) is 3.05. The number of carbonyl (C=O) groups excluding carboxylic acids is 1. The summed E-state index contributed by atoms with van der Waals surface area (Å²) in [6, 6.07) is 2.53. The molecule has 2 rings (SSSR count). The fraction of sp³-hybridized carbons (Fsp3) is 0.308. The summed E-state index contributed by atoms with van der Waals surface area (Å²) in [4.78, 5) is 26.5. The first kappa shape index (κ1) is 13.9. The highest BCUT2D eigenvalue weighted by molar-refractivity contribution is 5.84. The maximum absolute atomic E-state index is 11.5. The summed E-state index contributed by atoms with van der Waals surface area (Å²) in [5, 5.41) is 11.0. The van der Waals surface area contributed by atoms with Crippen molar-refractivity contribution in [1.82, 2.24) is 14.7 Å². The highest BCUT2D eigenvalue weighted by Crippen LogP contribution is 2.18. The van der Waals surface area contributed by atoms with Crippen molar-refractivity contribution in [2.45, 2.75) is 19.9 Å². The summed E-state index contributed by atoms with van der Waals surface area (Å²) in [6.07, 6.45) is 3.67. The van der Waals surface area contributed by atoms with Crippen molar-refractivity contribution in [3.05, 3.63) is 30.2 Å². The minimum absolute atomic E-state index is 0.261. The van der Waals surface area contributed by atoms with Crippen molar-refractivity contribution in [2.24, 2.45) is 0 Å². The lowest BCUT2D eigenvalue weighted by Gasteiger charge is -2.10. The highest BCUT2D eigenvalue weighted by atomic mass is 16.5. The van der Waals surface area contributed by atoms with Crippen molar-refractivity contribution < 1.29 is 19.4 Å². The van der Waals surface area contributed by atoms with E-state index >= 15 is 0 Å². The first-order valence-electron chi connectivity index (χ1n) is 6.06. The van der Waals surface area contributed by atoms with Crippen molar-refractivity contribution in [1.29, 1.82) is 0 Å². The van der Waals surface area contributed by atoms with Crippen molar-refractivity contribution in [3.63, 3.8) is 0 Å². The standard InChI is InChI=1S/C13H15N3O4/c1-8-6-16-5-3-4-10(12(16)14-8)20-7-11(17)15-9(2)13(18)19/h3-6,9H,7H2,1-2H3,(H,15,17)(H,18,19). The maximum Gasteiger partial charge on any atom is 0.325 e. The van der Waals surface area contributed by atoms with Crippen LogP contribution in [0.2, 0.25) is 0 Å². The lowest BCUT2D eigenvalue weighted by Crippen LogP contribution is -2.40. The molecule has 2 heterocycles. The molecule has 7 heteroatoms. The lowest BCUT2D eigenvalue weighted by atomic mass is 10.3. The first-order valence-corrected chi connectivity index (χ1v) is 6.06. The summed E-state index contributed by atoms with van der Waals surface area (Å²) in [6.45, 7) is 2.99. The second-order valence-electron chi connectivity index (χ2n) is 4.40. The number of rotatable bonds is 5. The van der Waals surface area contributed by atoms with Gasteiger partial charge in [-0.3, -0.25) is 9.59 Å². The SMILES string of the molecule is Cc1cn2cccc(OCC(=O)NC(C)C(=O)O)c2n1. The quantitative estimate of drug-likeness (QED) is 0.835. The predicted octanol–water partition coefficient (Wildman–Crippen LogP) is 0.611. The van der Waals surface area contributed by atoms with E-state index in [1.165, 1.54) is 6.92 Å². The third-order valence-corrected chi connectivity index (χ3v) is 2.67. The Labute approximate surface area is 115 Å². The highest BCUT2D eigenvalue weighted by Gasteiger charge is 2.14. The molecule has 0 bridgehead atoms. The van der Waals surface area contributed by atoms with Crippen molar-refractivity contribution >= 4 is 17.5 Å². The van der Waals surface area contributed by atoms with E-state index in [4.69, 9.17) is 9.84 Å². The van der Waals surface area contributed by atoms with Gasteiger partial charge in [-0.25, -0.2) is 4.98 Å². The van der Waals surface area contributed by atoms with Crippen LogP contribution in [0, 0.1) is 6.92 Å². The summed E-state index contributed by atoms with van der Waals surface area (Å²) in [5.74, 6) is -1.12. The summed E-state index contributed by atoms with van der Waals surface area (Å²) in [7, 11) is 0. The van der Waals surface area contributed by atoms with Gasteiger partial charge in [0.25, 0.3) is 5.91 Å². The van der Waals surface area contributed by atoms with E-state index in [1.807, 2.05) is 19.3 Å². The molecule has 106 valence electrons. The number of nitrogens with one attached hydrogen (secondary N) is 1. The molecule has 0 fully saturated rings. The van der Waals surface area contributed by atoms with Crippen LogP contribution in [0.3, 0.4) is 0 Å². The number of ether oxygens (including phenoxy) is 1. The normalized spacial score (nSPS) is 12.1. The number of hydrogen-bond acceptors (Lipinski definition) is 4. The van der Waals surface area contributed by atoms with Gasteiger partial charge in [-0.2, -0.15) is 0 Å². The molecular weight excluding hydrogens is 262 g/mol. The van der Waals surface area contributed by atoms with Crippen LogP contribution >= 0.6 is 0 Å². The number of aromatic nitrogens is 2. The number of hydrogen-bond donors (Lipinski definition) is 2. The Kier molecular flexibility index (Phi) is 3.88. The van der Waals surface area contributed by atoms with Gasteiger partial charge in [0.2, 0.25) is 0 Å². The molecular formula is C13H15N3O4. The molecule has 0 spiro atoms. The zero-order valence-corrected chi connectivity index (χ0v) is 11.2. The number of imidazole rings is 1. The Bertz CT molecular complexity index is 650. The molecule has 0 aliphatic rings. The Morgan fingerprint density at radius 1 is 1.55 bits per heavy atom. The number of nitrogens with zero attached hydrogens (tertiary/aromatic N) is 2. The minimum atomic E-state index is -1.09. The predicted molar refractivity (Wildman–Crippen MR) is 70.7 cm³/mol. The molecule has 1 amide bonds.